The lowest BCUT2D eigenvalue weighted by Crippen LogP contribution is -2.28. The van der Waals surface area contributed by atoms with E-state index in [0.29, 0.717) is 0 Å². The molecule has 0 bridgehead atoms. The normalized spacial score (nSPS) is 12.1. The van der Waals surface area contributed by atoms with Crippen LogP contribution >= 0.6 is 11.6 Å². The molecule has 5 heteroatoms. The lowest BCUT2D eigenvalue weighted by atomic mass is 10.1. The molecular weight excluding hydrogens is 254 g/mol. The van der Waals surface area contributed by atoms with Gasteiger partial charge in [-0.1, -0.05) is 30.3 Å². The van der Waals surface area contributed by atoms with Crippen molar-refractivity contribution in [3.05, 3.63) is 59.0 Å². The molecule has 94 valence electrons. The average molecular weight is 266 g/mol. The standard InChI is InChI=1S/C13H12ClNO3/c14-12-7-6-11(18-12)13(17)15-8-10(16)9-4-2-1-3-5-9/h1-7,10,16H,8H2,(H,15,17). The van der Waals surface area contributed by atoms with Crippen molar-refractivity contribution in [3.8, 4) is 0 Å². The third-order valence-corrected chi connectivity index (χ3v) is 2.64. The molecule has 0 saturated heterocycles. The number of carbonyl (C=O) groups excluding carboxylic acids is 1. The molecule has 0 radical (unpaired) electrons. The molecule has 4 nitrogen and oxygen atoms in total. The first-order valence-corrected chi connectivity index (χ1v) is 5.81. The Labute approximate surface area is 109 Å². The monoisotopic (exact) mass is 265 g/mol. The van der Waals surface area contributed by atoms with Crippen LogP contribution in [0.4, 0.5) is 0 Å². The topological polar surface area (TPSA) is 62.5 Å². The summed E-state index contributed by atoms with van der Waals surface area (Å²) in [7, 11) is 0. The second-order valence-corrected chi connectivity index (χ2v) is 4.11. The van der Waals surface area contributed by atoms with Crippen LogP contribution in [0.5, 0.6) is 0 Å². The molecule has 1 heterocycles. The van der Waals surface area contributed by atoms with Crippen molar-refractivity contribution >= 4 is 17.5 Å². The number of benzene rings is 1. The predicted octanol–water partition coefficient (Wildman–Crippen LogP) is 2.40. The Morgan fingerprint density at radius 2 is 2.00 bits per heavy atom. The van der Waals surface area contributed by atoms with Crippen molar-refractivity contribution in [3.63, 3.8) is 0 Å². The number of aliphatic hydroxyl groups is 1. The van der Waals surface area contributed by atoms with Crippen LogP contribution in [0.2, 0.25) is 5.22 Å². The summed E-state index contributed by atoms with van der Waals surface area (Å²) in [5.74, 6) is -0.280. The van der Waals surface area contributed by atoms with E-state index in [1.165, 1.54) is 12.1 Å². The fourth-order valence-corrected chi connectivity index (χ4v) is 1.65. The minimum Gasteiger partial charge on any atom is -0.440 e. The van der Waals surface area contributed by atoms with Gasteiger partial charge in [0.2, 0.25) is 0 Å². The first-order chi connectivity index (χ1) is 8.66. The maximum Gasteiger partial charge on any atom is 0.287 e. The molecule has 0 aliphatic heterocycles. The molecule has 1 atom stereocenters. The maximum absolute atomic E-state index is 11.6. The van der Waals surface area contributed by atoms with Crippen molar-refractivity contribution in [1.29, 1.82) is 0 Å². The molecule has 0 aliphatic carbocycles. The van der Waals surface area contributed by atoms with Crippen LogP contribution in [0.25, 0.3) is 0 Å². The molecule has 1 aromatic carbocycles. The number of aliphatic hydroxyl groups excluding tert-OH is 1. The Bertz CT molecular complexity index is 524. The number of nitrogens with one attached hydrogen (secondary N) is 1. The number of hydrogen-bond acceptors (Lipinski definition) is 3. The fourth-order valence-electron chi connectivity index (χ4n) is 1.51. The molecular formula is C13H12ClNO3. The summed E-state index contributed by atoms with van der Waals surface area (Å²) in [6.45, 7) is 0.112. The maximum atomic E-state index is 11.6. The van der Waals surface area contributed by atoms with Gasteiger partial charge in [0, 0.05) is 6.54 Å². The van der Waals surface area contributed by atoms with Gasteiger partial charge < -0.3 is 14.8 Å². The SMILES string of the molecule is O=C(NCC(O)c1ccccc1)c1ccc(Cl)o1. The highest BCUT2D eigenvalue weighted by atomic mass is 35.5. The van der Waals surface area contributed by atoms with Crippen LogP contribution in [0, 0.1) is 0 Å². The van der Waals surface area contributed by atoms with E-state index >= 15 is 0 Å². The van der Waals surface area contributed by atoms with Crippen LogP contribution in [-0.4, -0.2) is 17.6 Å². The number of rotatable bonds is 4. The van der Waals surface area contributed by atoms with Gasteiger partial charge in [-0.3, -0.25) is 4.79 Å². The smallest absolute Gasteiger partial charge is 0.287 e. The molecule has 1 aromatic heterocycles. The Hall–Kier alpha value is -1.78. The van der Waals surface area contributed by atoms with Crippen LogP contribution in [0.1, 0.15) is 22.2 Å². The zero-order valence-corrected chi connectivity index (χ0v) is 10.2. The highest BCUT2D eigenvalue weighted by molar-refractivity contribution is 6.29. The molecule has 1 unspecified atom stereocenters. The fraction of sp³-hybridized carbons (Fsp3) is 0.154. The molecule has 2 N–H and O–H groups in total. The van der Waals surface area contributed by atoms with Crippen molar-refractivity contribution in [2.75, 3.05) is 6.54 Å². The van der Waals surface area contributed by atoms with E-state index in [4.69, 9.17) is 16.0 Å². The van der Waals surface area contributed by atoms with Gasteiger partial charge in [-0.25, -0.2) is 0 Å². The van der Waals surface area contributed by atoms with Gasteiger partial charge in [-0.05, 0) is 29.3 Å². The van der Waals surface area contributed by atoms with Crippen LogP contribution < -0.4 is 5.32 Å². The predicted molar refractivity (Wildman–Crippen MR) is 67.5 cm³/mol. The lowest BCUT2D eigenvalue weighted by molar-refractivity contribution is 0.0889. The minimum absolute atomic E-state index is 0.112. The minimum atomic E-state index is -0.749. The highest BCUT2D eigenvalue weighted by Gasteiger charge is 2.13. The summed E-state index contributed by atoms with van der Waals surface area (Å²) >= 11 is 5.57. The van der Waals surface area contributed by atoms with Crippen LogP contribution in [0.3, 0.4) is 0 Å². The average Bonchev–Trinajstić information content (AvgIpc) is 2.83. The third kappa shape index (κ3) is 3.12. The Morgan fingerprint density at radius 1 is 1.28 bits per heavy atom. The number of furan rings is 1. The Kier molecular flexibility index (Phi) is 4.02. The molecule has 1 amide bonds. The van der Waals surface area contributed by atoms with Crippen LogP contribution in [0.15, 0.2) is 46.9 Å². The van der Waals surface area contributed by atoms with Gasteiger partial charge in [0.25, 0.3) is 5.91 Å². The van der Waals surface area contributed by atoms with Gasteiger partial charge in [0.1, 0.15) is 0 Å². The molecule has 0 spiro atoms. The van der Waals surface area contributed by atoms with Gasteiger partial charge >= 0.3 is 0 Å². The number of amides is 1. The number of hydrogen-bond donors (Lipinski definition) is 2. The van der Waals surface area contributed by atoms with Gasteiger partial charge in [-0.15, -0.1) is 0 Å². The number of carbonyl (C=O) groups is 1. The highest BCUT2D eigenvalue weighted by Crippen LogP contribution is 2.14. The largest absolute Gasteiger partial charge is 0.440 e. The summed E-state index contributed by atoms with van der Waals surface area (Å²) in [6, 6.07) is 12.1. The van der Waals surface area contributed by atoms with Crippen molar-refractivity contribution in [1.82, 2.24) is 5.32 Å². The van der Waals surface area contributed by atoms with E-state index in [-0.39, 0.29) is 17.5 Å². The summed E-state index contributed by atoms with van der Waals surface area (Å²) < 4.78 is 4.96. The summed E-state index contributed by atoms with van der Waals surface area (Å²) in [5, 5.41) is 12.6. The van der Waals surface area contributed by atoms with E-state index < -0.39 is 12.0 Å². The lowest BCUT2D eigenvalue weighted by Gasteiger charge is -2.11. The summed E-state index contributed by atoms with van der Waals surface area (Å²) in [5.41, 5.74) is 0.746. The zero-order chi connectivity index (χ0) is 13.0. The zero-order valence-electron chi connectivity index (χ0n) is 9.47. The van der Waals surface area contributed by atoms with Gasteiger partial charge in [-0.2, -0.15) is 0 Å². The molecule has 0 saturated carbocycles. The molecule has 0 aliphatic rings. The summed E-state index contributed by atoms with van der Waals surface area (Å²) in [6.07, 6.45) is -0.749. The van der Waals surface area contributed by atoms with Gasteiger partial charge in [0.15, 0.2) is 11.0 Å². The quantitative estimate of drug-likeness (QED) is 0.892. The Balaban J connectivity index is 1.90. The number of halogens is 1. The summed E-state index contributed by atoms with van der Waals surface area (Å²) in [4.78, 5) is 11.6. The third-order valence-electron chi connectivity index (χ3n) is 2.44. The van der Waals surface area contributed by atoms with E-state index in [0.717, 1.165) is 5.56 Å². The van der Waals surface area contributed by atoms with Crippen molar-refractivity contribution in [2.45, 2.75) is 6.10 Å². The second kappa shape index (κ2) is 5.71. The van der Waals surface area contributed by atoms with E-state index in [1.807, 2.05) is 18.2 Å². The van der Waals surface area contributed by atoms with E-state index in [2.05, 4.69) is 5.32 Å². The first-order valence-electron chi connectivity index (χ1n) is 5.43. The second-order valence-electron chi connectivity index (χ2n) is 3.74. The molecule has 2 aromatic rings. The molecule has 0 fully saturated rings. The van der Waals surface area contributed by atoms with E-state index in [1.54, 1.807) is 12.1 Å². The van der Waals surface area contributed by atoms with Crippen LogP contribution in [-0.2, 0) is 0 Å². The van der Waals surface area contributed by atoms with Crippen molar-refractivity contribution in [2.24, 2.45) is 0 Å². The van der Waals surface area contributed by atoms with E-state index in [9.17, 15) is 9.90 Å². The molecule has 18 heavy (non-hydrogen) atoms. The van der Waals surface area contributed by atoms with Crippen molar-refractivity contribution < 1.29 is 14.3 Å². The first kappa shape index (κ1) is 12.7. The van der Waals surface area contributed by atoms with Gasteiger partial charge in [0.05, 0.1) is 6.10 Å². The Morgan fingerprint density at radius 3 is 2.61 bits per heavy atom. The molecule has 2 rings (SSSR count).